The number of carboxylic acid groups (broad SMARTS) is 1. The van der Waals surface area contributed by atoms with E-state index < -0.39 is 82.6 Å². The first kappa shape index (κ1) is 53.2. The van der Waals surface area contributed by atoms with Gasteiger partial charge in [-0.15, -0.1) is 0 Å². The van der Waals surface area contributed by atoms with Gasteiger partial charge in [0.1, 0.15) is 12.9 Å². The van der Waals surface area contributed by atoms with Gasteiger partial charge in [-0.05, 0) is 61.1 Å². The van der Waals surface area contributed by atoms with Crippen LogP contribution < -0.4 is 0 Å². The molecule has 3 unspecified atom stereocenters. The van der Waals surface area contributed by atoms with E-state index in [-0.39, 0.29) is 43.4 Å². The topological polar surface area (TPSA) is 172 Å². The lowest BCUT2D eigenvalue weighted by Gasteiger charge is -2.56. The number of aliphatic carboxylic acids is 1. The first-order valence-electron chi connectivity index (χ1n) is 20.6. The minimum absolute atomic E-state index is 0.0360. The fraction of sp³-hybridized carbons (Fsp3) is 0.927. The zero-order chi connectivity index (χ0) is 43.3. The second-order valence-electron chi connectivity index (χ2n) is 17.8. The molecule has 15 heteroatoms. The maximum atomic E-state index is 13.0. The monoisotopic (exact) mass is 839 g/mol. The minimum atomic E-state index is -2.40. The maximum absolute atomic E-state index is 13.0. The Balaban J connectivity index is 3.50. The Morgan fingerprint density at radius 3 is 2.00 bits per heavy atom. The highest BCUT2D eigenvalue weighted by Crippen LogP contribution is 2.49. The summed E-state index contributed by atoms with van der Waals surface area (Å²) in [5.41, 5.74) is -0.577. The Morgan fingerprint density at radius 1 is 0.964 bits per heavy atom. The fourth-order valence-corrected chi connectivity index (χ4v) is 11.1. The Kier molecular flexibility index (Phi) is 22.1. The molecule has 1 aliphatic heterocycles. The summed E-state index contributed by atoms with van der Waals surface area (Å²) in [6.07, 6.45) is -3.79. The summed E-state index contributed by atoms with van der Waals surface area (Å²) in [4.78, 5) is 12.2. The molecule has 0 aliphatic carbocycles. The van der Waals surface area contributed by atoms with Gasteiger partial charge in [0.05, 0.1) is 36.6 Å². The van der Waals surface area contributed by atoms with Gasteiger partial charge in [-0.25, -0.2) is 4.79 Å². The Hall–Kier alpha value is -0.796. The van der Waals surface area contributed by atoms with Gasteiger partial charge < -0.3 is 57.7 Å². The van der Waals surface area contributed by atoms with Crippen molar-refractivity contribution < 1.29 is 62.5 Å². The third-order valence-electron chi connectivity index (χ3n) is 13.0. The molecule has 1 aliphatic rings. The highest BCUT2D eigenvalue weighted by Gasteiger charge is 2.62. The number of rotatable bonds is 27. The van der Waals surface area contributed by atoms with E-state index in [1.165, 1.54) is 14.2 Å². The molecule has 10 atom stereocenters. The zero-order valence-corrected chi connectivity index (χ0v) is 39.8. The van der Waals surface area contributed by atoms with E-state index >= 15 is 0 Å². The van der Waals surface area contributed by atoms with Gasteiger partial charge in [-0.1, -0.05) is 68.4 Å². The molecule has 1 saturated heterocycles. The van der Waals surface area contributed by atoms with Crippen molar-refractivity contribution >= 4 is 22.6 Å². The summed E-state index contributed by atoms with van der Waals surface area (Å²) >= 11 is 0. The molecule has 0 aromatic heterocycles. The quantitative estimate of drug-likeness (QED) is 0.0384. The highest BCUT2D eigenvalue weighted by atomic mass is 28.4. The third-order valence-corrected chi connectivity index (χ3v) is 22.1. The van der Waals surface area contributed by atoms with E-state index in [9.17, 15) is 25.2 Å². The largest absolute Gasteiger partial charge is 0.479 e. The number of carboxylic acids is 1. The highest BCUT2D eigenvalue weighted by molar-refractivity contribution is 6.74. The van der Waals surface area contributed by atoms with Crippen LogP contribution in [0.5, 0.6) is 0 Å². The standard InChI is InChI=1S/C41H82O13Si2/c1-17-29(26-52-55(15,16)39(6,7)8)21-28(5)32(42)22-30(48-12)25-35(43)40(9,10)41(46)37(54-56(18-2,19-3)20-4)34(50-14)24-31(53-41)23-33(49-13)36(38(44)45)51-27-47-11/h21,29-37,42-43,46H,17-20,22-27H2,1-16H3,(H,44,45)/b28-21-/t29?,30-,31+,32?,33-,34-,35+,36+,37-,41?/m0/s1. The normalized spacial score (nSPS) is 25.1. The van der Waals surface area contributed by atoms with E-state index in [0.717, 1.165) is 30.1 Å². The van der Waals surface area contributed by atoms with Gasteiger partial charge in [0.25, 0.3) is 0 Å². The predicted octanol–water partition coefficient (Wildman–Crippen LogP) is 6.89. The van der Waals surface area contributed by atoms with Gasteiger partial charge in [0.15, 0.2) is 22.7 Å². The summed E-state index contributed by atoms with van der Waals surface area (Å²) in [6.45, 7) is 25.2. The van der Waals surface area contributed by atoms with Crippen molar-refractivity contribution in [2.24, 2.45) is 11.3 Å². The number of hydrogen-bond donors (Lipinski definition) is 4. The van der Waals surface area contributed by atoms with Crippen molar-refractivity contribution in [2.75, 3.05) is 41.8 Å². The van der Waals surface area contributed by atoms with E-state index in [1.807, 2.05) is 6.92 Å². The van der Waals surface area contributed by atoms with Crippen LogP contribution in [0.3, 0.4) is 0 Å². The Labute approximate surface area is 341 Å². The summed E-state index contributed by atoms with van der Waals surface area (Å²) in [5, 5.41) is 46.5. The molecule has 0 spiro atoms. The van der Waals surface area contributed by atoms with Crippen LogP contribution >= 0.6 is 0 Å². The van der Waals surface area contributed by atoms with Crippen LogP contribution in [-0.2, 0) is 42.1 Å². The van der Waals surface area contributed by atoms with Crippen molar-refractivity contribution in [1.29, 1.82) is 0 Å². The zero-order valence-electron chi connectivity index (χ0n) is 37.8. The molecule has 0 radical (unpaired) electrons. The lowest BCUT2D eigenvalue weighted by atomic mass is 9.70. The minimum Gasteiger partial charge on any atom is -0.479 e. The van der Waals surface area contributed by atoms with Crippen molar-refractivity contribution in [3.63, 3.8) is 0 Å². The lowest BCUT2D eigenvalue weighted by Crippen LogP contribution is -2.70. The number of aliphatic hydroxyl groups excluding tert-OH is 2. The summed E-state index contributed by atoms with van der Waals surface area (Å²) in [7, 11) is 1.56. The van der Waals surface area contributed by atoms with Gasteiger partial charge in [-0.2, -0.15) is 0 Å². The van der Waals surface area contributed by atoms with Gasteiger partial charge >= 0.3 is 5.97 Å². The molecule has 4 N–H and O–H groups in total. The molecular weight excluding hydrogens is 757 g/mol. The number of hydrogen-bond acceptors (Lipinski definition) is 12. The van der Waals surface area contributed by atoms with Gasteiger partial charge in [0, 0.05) is 66.1 Å². The molecule has 1 heterocycles. The molecule has 0 saturated carbocycles. The van der Waals surface area contributed by atoms with Gasteiger partial charge in [-0.3, -0.25) is 0 Å². The average molecular weight is 839 g/mol. The molecule has 0 aromatic rings. The first-order valence-corrected chi connectivity index (χ1v) is 26.0. The van der Waals surface area contributed by atoms with Crippen LogP contribution in [-0.4, -0.2) is 139 Å². The summed E-state index contributed by atoms with van der Waals surface area (Å²) in [6, 6.07) is 2.41. The Morgan fingerprint density at radius 2 is 1.55 bits per heavy atom. The number of methoxy groups -OCH3 is 4. The van der Waals surface area contributed by atoms with Crippen molar-refractivity contribution in [3.8, 4) is 0 Å². The molecule has 1 fully saturated rings. The van der Waals surface area contributed by atoms with E-state index in [2.05, 4.69) is 67.6 Å². The number of carbonyl (C=O) groups is 1. The van der Waals surface area contributed by atoms with E-state index in [1.54, 1.807) is 28.1 Å². The van der Waals surface area contributed by atoms with Crippen molar-refractivity contribution in [1.82, 2.24) is 0 Å². The van der Waals surface area contributed by atoms with E-state index in [0.29, 0.717) is 6.61 Å². The van der Waals surface area contributed by atoms with Crippen LogP contribution in [0.1, 0.15) is 101 Å². The van der Waals surface area contributed by atoms with Crippen LogP contribution in [0.2, 0.25) is 36.3 Å². The lowest BCUT2D eigenvalue weighted by molar-refractivity contribution is -0.376. The molecule has 332 valence electrons. The van der Waals surface area contributed by atoms with Crippen LogP contribution in [0.25, 0.3) is 0 Å². The molecule has 56 heavy (non-hydrogen) atoms. The molecule has 0 aromatic carbocycles. The second-order valence-corrected chi connectivity index (χ2v) is 27.3. The third kappa shape index (κ3) is 13.9. The molecule has 0 amide bonds. The van der Waals surface area contributed by atoms with Crippen molar-refractivity contribution in [3.05, 3.63) is 11.6 Å². The SMILES string of the molecule is CCC(/C=C(/C)C(O)C[C@@H](C[C@@H](O)C(C)(C)C1(O)O[C@H](C[C@H](OC)[C@@H](OCOC)C(=O)O)C[C@H](OC)[C@@H]1O[Si](CC)(CC)CC)OC)CO[Si](C)(C)C(C)(C)C. The fourth-order valence-electron chi connectivity index (χ4n) is 7.20. The molecule has 0 bridgehead atoms. The van der Waals surface area contributed by atoms with Crippen LogP contribution in [0.15, 0.2) is 11.6 Å². The number of aliphatic hydroxyl groups is 3. The van der Waals surface area contributed by atoms with Gasteiger partial charge in [0.2, 0.25) is 5.79 Å². The average Bonchev–Trinajstić information content (AvgIpc) is 3.14. The predicted molar refractivity (Wildman–Crippen MR) is 224 cm³/mol. The molecule has 13 nitrogen and oxygen atoms in total. The number of ether oxygens (including phenoxy) is 6. The molecule has 1 rings (SSSR count). The summed E-state index contributed by atoms with van der Waals surface area (Å²) < 4.78 is 48.1. The van der Waals surface area contributed by atoms with Crippen LogP contribution in [0, 0.1) is 11.3 Å². The molecular formula is C41H82O13Si2. The van der Waals surface area contributed by atoms with Crippen LogP contribution in [0.4, 0.5) is 0 Å². The second kappa shape index (κ2) is 23.3. The first-order chi connectivity index (χ1) is 25.9. The Bertz CT molecular complexity index is 1170. The smallest absolute Gasteiger partial charge is 0.335 e. The summed E-state index contributed by atoms with van der Waals surface area (Å²) in [5.74, 6) is -3.20. The van der Waals surface area contributed by atoms with Crippen molar-refractivity contribution in [2.45, 2.75) is 192 Å². The van der Waals surface area contributed by atoms with E-state index in [4.69, 9.17) is 37.3 Å². The maximum Gasteiger partial charge on any atom is 0.335 e.